The van der Waals surface area contributed by atoms with Crippen LogP contribution in [0.15, 0.2) is 0 Å². The van der Waals surface area contributed by atoms with Gasteiger partial charge in [0.2, 0.25) is 0 Å². The zero-order valence-electron chi connectivity index (χ0n) is 43.9. The molecule has 0 fully saturated rings. The van der Waals surface area contributed by atoms with Crippen molar-refractivity contribution in [1.29, 1.82) is 0 Å². The number of hydrogen-bond donors (Lipinski definition) is 12. The maximum atomic E-state index is 11.3. The number of nitrogens with one attached hydrogen (secondary N) is 2. The van der Waals surface area contributed by atoms with Crippen LogP contribution in [0.2, 0.25) is 0 Å². The minimum absolute atomic E-state index is 0.0130. The second kappa shape index (κ2) is 57.2. The van der Waals surface area contributed by atoms with E-state index in [0.717, 1.165) is 0 Å². The Morgan fingerprint density at radius 2 is 0.639 bits per heavy atom. The quantitative estimate of drug-likeness (QED) is 0.0315. The molecule has 0 radical (unpaired) electrons. The summed E-state index contributed by atoms with van der Waals surface area (Å²) in [6.07, 6.45) is -3.17. The van der Waals surface area contributed by atoms with E-state index in [1.165, 1.54) is 35.5 Å². The number of carboxylic acid groups (broad SMARTS) is 1. The summed E-state index contributed by atoms with van der Waals surface area (Å²) in [6.45, 7) is 7.62. The lowest BCUT2D eigenvalue weighted by molar-refractivity contribution is -0.181. The second-order valence-electron chi connectivity index (χ2n) is 14.3. The van der Waals surface area contributed by atoms with Crippen LogP contribution in [0.1, 0.15) is 79.6 Å². The number of Topliss-reactive ketones (excluding diaryl/α,β-unsaturated/α-hetero) is 1. The minimum Gasteiger partial charge on any atom is -0.481 e. The standard InChI is InChI=1S/C12H23NO7.C11H21NO7.3C7H16O4/c1-3-10(7-15)20-11(18-2)8-19-12(17)13-5-4-9(16)6-14;1-3-8(6-13)19-10(17-2)7-18-11(16)12-5-4-9(14)15;3*1-3-6(4-8)11-7(5-9)10-2/h10-11,14-15H,3-8H2,1-2H3,(H,13,17);8,10,13H,3-7H2,1-2H3,(H,12,16)(H,14,15);3*6-9H,3-5H2,1-2H3. The summed E-state index contributed by atoms with van der Waals surface area (Å²) in [5.74, 6) is -1.37. The third-order valence-corrected chi connectivity index (χ3v) is 8.94. The van der Waals surface area contributed by atoms with Gasteiger partial charge in [-0.15, -0.1) is 0 Å². The lowest BCUT2D eigenvalue weighted by atomic mass is 10.3. The first-order valence-electron chi connectivity index (χ1n) is 23.4. The van der Waals surface area contributed by atoms with Gasteiger partial charge >= 0.3 is 18.2 Å². The molecular formula is C44H92N2O26. The van der Waals surface area contributed by atoms with Crippen molar-refractivity contribution in [1.82, 2.24) is 10.6 Å². The van der Waals surface area contributed by atoms with Crippen molar-refractivity contribution in [3.05, 3.63) is 0 Å². The van der Waals surface area contributed by atoms with E-state index in [0.29, 0.717) is 32.1 Å². The van der Waals surface area contributed by atoms with Gasteiger partial charge in [-0.1, -0.05) is 34.6 Å². The Balaban J connectivity index is -0.000000267. The SMILES string of the molecule is CCC(CO)OC(CO)OC.CCC(CO)OC(CO)OC.CCC(CO)OC(CO)OC.CCC(CO)OC(COC(=O)NCCC(=O)CO)OC.CCC(CO)OC(COC(=O)NCCC(=O)O)OC. The van der Waals surface area contributed by atoms with Crippen molar-refractivity contribution in [2.24, 2.45) is 0 Å². The Kier molecular flexibility index (Phi) is 61.8. The summed E-state index contributed by atoms with van der Waals surface area (Å²) in [5.41, 5.74) is 0. The highest BCUT2D eigenvalue weighted by Gasteiger charge is 2.19. The van der Waals surface area contributed by atoms with Crippen LogP contribution in [0.3, 0.4) is 0 Å². The first kappa shape index (κ1) is 77.8. The maximum absolute atomic E-state index is 11.3. The molecule has 0 bridgehead atoms. The van der Waals surface area contributed by atoms with E-state index in [1.807, 2.05) is 34.6 Å². The Morgan fingerprint density at radius 3 is 0.833 bits per heavy atom. The molecular weight excluding hydrogens is 972 g/mol. The number of ketones is 1. The van der Waals surface area contributed by atoms with E-state index in [1.54, 1.807) is 0 Å². The molecule has 10 atom stereocenters. The van der Waals surface area contributed by atoms with Gasteiger partial charge in [-0.3, -0.25) is 9.59 Å². The highest BCUT2D eigenvalue weighted by molar-refractivity contribution is 5.80. The molecule has 0 saturated carbocycles. The van der Waals surface area contributed by atoms with Crippen LogP contribution < -0.4 is 10.6 Å². The molecule has 0 aromatic heterocycles. The number of rotatable bonds is 39. The molecule has 0 spiro atoms. The van der Waals surface area contributed by atoms with E-state index in [9.17, 15) is 19.2 Å². The summed E-state index contributed by atoms with van der Waals surface area (Å²) >= 11 is 0. The number of carboxylic acids is 1. The van der Waals surface area contributed by atoms with Crippen molar-refractivity contribution in [3.63, 3.8) is 0 Å². The van der Waals surface area contributed by atoms with E-state index in [4.69, 9.17) is 108 Å². The Labute approximate surface area is 424 Å². The van der Waals surface area contributed by atoms with Gasteiger partial charge in [-0.2, -0.15) is 0 Å². The second-order valence-corrected chi connectivity index (χ2v) is 14.3. The number of hydrogen-bond acceptors (Lipinski definition) is 25. The maximum Gasteiger partial charge on any atom is 0.407 e. The third kappa shape index (κ3) is 49.1. The van der Waals surface area contributed by atoms with Gasteiger partial charge in [0, 0.05) is 55.1 Å². The molecule has 0 aliphatic heterocycles. The van der Waals surface area contributed by atoms with Crippen LogP contribution in [0.25, 0.3) is 0 Å². The van der Waals surface area contributed by atoms with Crippen LogP contribution >= 0.6 is 0 Å². The molecule has 0 aliphatic rings. The molecule has 0 rings (SSSR count). The molecule has 0 aromatic rings. The fourth-order valence-electron chi connectivity index (χ4n) is 4.30. The van der Waals surface area contributed by atoms with Gasteiger partial charge < -0.3 is 119 Å². The fraction of sp³-hybridized carbons (Fsp3) is 0.909. The number of aliphatic hydroxyl groups excluding tert-OH is 9. The lowest BCUT2D eigenvalue weighted by Gasteiger charge is -2.21. The van der Waals surface area contributed by atoms with Gasteiger partial charge in [-0.25, -0.2) is 9.59 Å². The van der Waals surface area contributed by atoms with Gasteiger partial charge in [-0.05, 0) is 32.1 Å². The predicted molar refractivity (Wildman–Crippen MR) is 254 cm³/mol. The molecule has 10 unspecified atom stereocenters. The molecule has 0 heterocycles. The highest BCUT2D eigenvalue weighted by Crippen LogP contribution is 2.07. The number of carbonyl (C=O) groups is 4. The van der Waals surface area contributed by atoms with Crippen molar-refractivity contribution in [2.75, 3.05) is 121 Å². The molecule has 0 aliphatic carbocycles. The van der Waals surface area contributed by atoms with E-state index >= 15 is 0 Å². The topological polar surface area (TPSA) is 405 Å². The minimum atomic E-state index is -1.01. The number of methoxy groups -OCH3 is 5. The number of amides is 2. The Bertz CT molecular complexity index is 1090. The zero-order chi connectivity index (χ0) is 56.1. The van der Waals surface area contributed by atoms with Crippen molar-refractivity contribution < 1.29 is 127 Å². The lowest BCUT2D eigenvalue weighted by Crippen LogP contribution is -2.34. The van der Waals surface area contributed by atoms with Gasteiger partial charge in [0.25, 0.3) is 0 Å². The number of alkyl carbamates (subject to hydrolysis) is 2. The predicted octanol–water partition coefficient (Wildman–Crippen LogP) is -1.41. The van der Waals surface area contributed by atoms with E-state index < -0.39 is 56.2 Å². The average Bonchev–Trinajstić information content (AvgIpc) is 3.40. The molecule has 2 amide bonds. The number of aliphatic carboxylic acids is 1. The summed E-state index contributed by atoms with van der Waals surface area (Å²) in [6, 6.07) is 0. The van der Waals surface area contributed by atoms with Crippen molar-refractivity contribution >= 4 is 23.9 Å². The smallest absolute Gasteiger partial charge is 0.407 e. The van der Waals surface area contributed by atoms with Crippen LogP contribution in [-0.2, 0) is 66.4 Å². The average molecular weight is 1070 g/mol. The largest absolute Gasteiger partial charge is 0.481 e. The molecule has 0 saturated heterocycles. The number of ether oxygens (including phenoxy) is 12. The third-order valence-electron chi connectivity index (χ3n) is 8.94. The zero-order valence-corrected chi connectivity index (χ0v) is 43.9. The van der Waals surface area contributed by atoms with Crippen molar-refractivity contribution in [2.45, 2.75) is 142 Å². The normalized spacial score (nSPS) is 14.9. The van der Waals surface area contributed by atoms with Crippen LogP contribution in [-0.4, -0.2) is 258 Å². The number of carbonyl (C=O) groups excluding carboxylic acids is 3. The summed E-state index contributed by atoms with van der Waals surface area (Å²) < 4.78 is 59.8. The first-order chi connectivity index (χ1) is 34.4. The Hall–Kier alpha value is -3.08. The summed E-state index contributed by atoms with van der Waals surface area (Å²) in [4.78, 5) is 43.5. The molecule has 0 aromatic carbocycles. The Morgan fingerprint density at radius 1 is 0.389 bits per heavy atom. The van der Waals surface area contributed by atoms with Crippen LogP contribution in [0.5, 0.6) is 0 Å². The van der Waals surface area contributed by atoms with E-state index in [-0.39, 0.29) is 128 Å². The summed E-state index contributed by atoms with van der Waals surface area (Å²) in [7, 11) is 7.14. The molecule has 434 valence electrons. The van der Waals surface area contributed by atoms with Gasteiger partial charge in [0.1, 0.15) is 19.8 Å². The summed E-state index contributed by atoms with van der Waals surface area (Å²) in [5, 5.41) is 91.5. The highest BCUT2D eigenvalue weighted by atomic mass is 16.7. The number of aliphatic hydroxyl groups is 9. The first-order valence-corrected chi connectivity index (χ1v) is 23.4. The molecule has 28 nitrogen and oxygen atoms in total. The van der Waals surface area contributed by atoms with Crippen LogP contribution in [0, 0.1) is 0 Å². The van der Waals surface area contributed by atoms with E-state index in [2.05, 4.69) is 10.6 Å². The van der Waals surface area contributed by atoms with Gasteiger partial charge in [0.05, 0.1) is 89.8 Å². The fourth-order valence-corrected chi connectivity index (χ4v) is 4.30. The molecule has 72 heavy (non-hydrogen) atoms. The van der Waals surface area contributed by atoms with Crippen molar-refractivity contribution in [3.8, 4) is 0 Å². The molecule has 28 heteroatoms. The van der Waals surface area contributed by atoms with Gasteiger partial charge in [0.15, 0.2) is 37.2 Å². The monoisotopic (exact) mass is 1060 g/mol. The van der Waals surface area contributed by atoms with Crippen LogP contribution in [0.4, 0.5) is 9.59 Å². The molecule has 12 N–H and O–H groups in total.